The van der Waals surface area contributed by atoms with E-state index in [1.807, 2.05) is 38.7 Å². The molecule has 33 heavy (non-hydrogen) atoms. The molecule has 0 saturated carbocycles. The second kappa shape index (κ2) is 14.5. The van der Waals surface area contributed by atoms with Crippen LogP contribution in [0.3, 0.4) is 0 Å². The molecular weight excluding hydrogens is 535 g/mol. The molecule has 0 aromatic heterocycles. The molecule has 9 heteroatoms. The molecule has 1 heterocycles. The number of piperidine rings is 1. The highest BCUT2D eigenvalue weighted by atomic mass is 127. The second-order valence-corrected chi connectivity index (χ2v) is 9.19. The quantitative estimate of drug-likeness (QED) is 0.211. The molecule has 0 radical (unpaired) electrons. The van der Waals surface area contributed by atoms with Crippen molar-refractivity contribution in [1.82, 2.24) is 15.5 Å². The molecular formula is C24H41IN4O4. The van der Waals surface area contributed by atoms with Crippen molar-refractivity contribution < 1.29 is 19.0 Å². The van der Waals surface area contributed by atoms with Gasteiger partial charge in [0.25, 0.3) is 0 Å². The minimum atomic E-state index is -0.476. The van der Waals surface area contributed by atoms with Crippen LogP contribution in [0.15, 0.2) is 23.2 Å². The van der Waals surface area contributed by atoms with Gasteiger partial charge in [-0.1, -0.05) is 12.1 Å². The minimum absolute atomic E-state index is 0. The number of methoxy groups -OCH3 is 1. The van der Waals surface area contributed by atoms with Crippen molar-refractivity contribution >= 4 is 36.0 Å². The molecule has 1 aromatic carbocycles. The van der Waals surface area contributed by atoms with Gasteiger partial charge in [-0.25, -0.2) is 4.79 Å². The number of likely N-dealkylation sites (tertiary alicyclic amines) is 1. The predicted octanol–water partition coefficient (Wildman–Crippen LogP) is 3.95. The van der Waals surface area contributed by atoms with Crippen LogP contribution in [-0.2, 0) is 16.0 Å². The molecule has 1 aliphatic rings. The highest BCUT2D eigenvalue weighted by molar-refractivity contribution is 14.0. The molecule has 1 saturated heterocycles. The number of hydrogen-bond donors (Lipinski definition) is 2. The van der Waals surface area contributed by atoms with E-state index in [0.29, 0.717) is 32.2 Å². The first-order valence-electron chi connectivity index (χ1n) is 11.4. The van der Waals surface area contributed by atoms with Crippen LogP contribution in [0.5, 0.6) is 5.75 Å². The summed E-state index contributed by atoms with van der Waals surface area (Å²) in [4.78, 5) is 18.5. The van der Waals surface area contributed by atoms with E-state index in [-0.39, 0.29) is 30.1 Å². The van der Waals surface area contributed by atoms with Gasteiger partial charge in [0.1, 0.15) is 18.0 Å². The molecule has 0 bridgehead atoms. The van der Waals surface area contributed by atoms with Gasteiger partial charge in [0.15, 0.2) is 5.96 Å². The van der Waals surface area contributed by atoms with Crippen LogP contribution in [0, 0.1) is 12.8 Å². The Labute approximate surface area is 215 Å². The first-order valence-corrected chi connectivity index (χ1v) is 11.4. The maximum Gasteiger partial charge on any atom is 0.410 e. The third kappa shape index (κ3) is 10.8. The topological polar surface area (TPSA) is 84.4 Å². The Morgan fingerprint density at radius 2 is 2.00 bits per heavy atom. The second-order valence-electron chi connectivity index (χ2n) is 9.19. The Morgan fingerprint density at radius 1 is 1.24 bits per heavy atom. The Balaban J connectivity index is 0.00000544. The number of rotatable bonds is 8. The number of amides is 1. The molecule has 188 valence electrons. The van der Waals surface area contributed by atoms with Crippen LogP contribution < -0.4 is 15.4 Å². The van der Waals surface area contributed by atoms with Gasteiger partial charge in [-0.3, -0.25) is 4.99 Å². The average Bonchev–Trinajstić information content (AvgIpc) is 2.74. The molecule has 1 unspecified atom stereocenters. The molecule has 1 atom stereocenters. The maximum absolute atomic E-state index is 12.4. The fourth-order valence-electron chi connectivity index (χ4n) is 3.54. The largest absolute Gasteiger partial charge is 0.491 e. The van der Waals surface area contributed by atoms with E-state index in [1.165, 1.54) is 0 Å². The van der Waals surface area contributed by atoms with Crippen molar-refractivity contribution in [2.45, 2.75) is 52.7 Å². The highest BCUT2D eigenvalue weighted by Gasteiger charge is 2.27. The van der Waals surface area contributed by atoms with Crippen LogP contribution in [0.4, 0.5) is 4.79 Å². The monoisotopic (exact) mass is 576 g/mol. The van der Waals surface area contributed by atoms with E-state index >= 15 is 0 Å². The molecule has 0 aliphatic carbocycles. The van der Waals surface area contributed by atoms with E-state index in [1.54, 1.807) is 14.2 Å². The first-order chi connectivity index (χ1) is 15.2. The number of nitrogens with one attached hydrogen (secondary N) is 2. The zero-order chi connectivity index (χ0) is 23.6. The van der Waals surface area contributed by atoms with Gasteiger partial charge in [-0.05, 0) is 58.1 Å². The first kappa shape index (κ1) is 29.3. The lowest BCUT2D eigenvalue weighted by atomic mass is 9.98. The van der Waals surface area contributed by atoms with Gasteiger partial charge in [0.2, 0.25) is 0 Å². The van der Waals surface area contributed by atoms with Crippen molar-refractivity contribution in [2.75, 3.05) is 47.0 Å². The summed E-state index contributed by atoms with van der Waals surface area (Å²) in [6.45, 7) is 11.6. The standard InChI is InChI=1S/C24H40N4O4.HI/c1-18-9-10-20(21(14-18)31-13-12-30-6)16-27-22(25-5)26-15-19-8-7-11-28(17-19)23(29)32-24(2,3)4;/h9-10,14,19H,7-8,11-13,15-17H2,1-6H3,(H2,25,26,27);1H. The number of aliphatic imine (C=N–C) groups is 1. The van der Waals surface area contributed by atoms with E-state index in [9.17, 15) is 4.79 Å². The summed E-state index contributed by atoms with van der Waals surface area (Å²) in [5.41, 5.74) is 1.73. The highest BCUT2D eigenvalue weighted by Crippen LogP contribution is 2.21. The fourth-order valence-corrected chi connectivity index (χ4v) is 3.54. The Bertz CT molecular complexity index is 767. The summed E-state index contributed by atoms with van der Waals surface area (Å²) in [5.74, 6) is 1.93. The van der Waals surface area contributed by atoms with Gasteiger partial charge in [-0.15, -0.1) is 24.0 Å². The lowest BCUT2D eigenvalue weighted by Gasteiger charge is -2.34. The Hall–Kier alpha value is -1.75. The summed E-state index contributed by atoms with van der Waals surface area (Å²) in [6, 6.07) is 6.18. The number of aryl methyl sites for hydroxylation is 1. The molecule has 0 spiro atoms. The zero-order valence-corrected chi connectivity index (χ0v) is 23.2. The zero-order valence-electron chi connectivity index (χ0n) is 20.9. The molecule has 2 N–H and O–H groups in total. The van der Waals surface area contributed by atoms with Crippen LogP contribution in [0.2, 0.25) is 0 Å². The van der Waals surface area contributed by atoms with Gasteiger partial charge < -0.3 is 29.7 Å². The predicted molar refractivity (Wildman–Crippen MR) is 143 cm³/mol. The number of guanidine groups is 1. The Kier molecular flexibility index (Phi) is 12.9. The van der Waals surface area contributed by atoms with Crippen molar-refractivity contribution in [1.29, 1.82) is 0 Å². The van der Waals surface area contributed by atoms with Crippen molar-refractivity contribution in [3.8, 4) is 5.75 Å². The van der Waals surface area contributed by atoms with Crippen LogP contribution in [-0.4, -0.2) is 69.6 Å². The summed E-state index contributed by atoms with van der Waals surface area (Å²) < 4.78 is 16.5. The van der Waals surface area contributed by atoms with E-state index in [0.717, 1.165) is 48.8 Å². The molecule has 1 fully saturated rings. The third-order valence-corrected chi connectivity index (χ3v) is 5.17. The number of halogens is 1. The third-order valence-electron chi connectivity index (χ3n) is 5.17. The molecule has 1 aromatic rings. The van der Waals surface area contributed by atoms with E-state index in [4.69, 9.17) is 14.2 Å². The van der Waals surface area contributed by atoms with E-state index < -0.39 is 5.60 Å². The van der Waals surface area contributed by atoms with Crippen LogP contribution in [0.1, 0.15) is 44.7 Å². The molecule has 2 rings (SSSR count). The average molecular weight is 577 g/mol. The van der Waals surface area contributed by atoms with Gasteiger partial charge in [0.05, 0.1) is 6.61 Å². The molecule has 1 aliphatic heterocycles. The van der Waals surface area contributed by atoms with Crippen molar-refractivity contribution in [2.24, 2.45) is 10.9 Å². The number of carbonyl (C=O) groups excluding carboxylic acids is 1. The number of ether oxygens (including phenoxy) is 3. The SMILES string of the molecule is CN=C(NCc1ccc(C)cc1OCCOC)NCC1CCCN(C(=O)OC(C)(C)C)C1.I. The summed E-state index contributed by atoms with van der Waals surface area (Å²) in [7, 11) is 3.42. The number of benzene rings is 1. The summed E-state index contributed by atoms with van der Waals surface area (Å²) >= 11 is 0. The lowest BCUT2D eigenvalue weighted by Crippen LogP contribution is -2.47. The smallest absolute Gasteiger partial charge is 0.410 e. The number of nitrogens with zero attached hydrogens (tertiary/aromatic N) is 2. The fraction of sp³-hybridized carbons (Fsp3) is 0.667. The number of hydrogen-bond acceptors (Lipinski definition) is 5. The minimum Gasteiger partial charge on any atom is -0.491 e. The summed E-state index contributed by atoms with van der Waals surface area (Å²) in [5, 5.41) is 6.76. The van der Waals surface area contributed by atoms with Crippen LogP contribution in [0.25, 0.3) is 0 Å². The Morgan fingerprint density at radius 3 is 2.67 bits per heavy atom. The van der Waals surface area contributed by atoms with Gasteiger partial charge in [0, 0.05) is 45.9 Å². The summed E-state index contributed by atoms with van der Waals surface area (Å²) in [6.07, 6.45) is 1.81. The van der Waals surface area contributed by atoms with Crippen molar-refractivity contribution in [3.63, 3.8) is 0 Å². The van der Waals surface area contributed by atoms with Crippen LogP contribution >= 0.6 is 24.0 Å². The normalized spacial score (nSPS) is 16.6. The van der Waals surface area contributed by atoms with Crippen molar-refractivity contribution in [3.05, 3.63) is 29.3 Å². The number of carbonyl (C=O) groups is 1. The lowest BCUT2D eigenvalue weighted by molar-refractivity contribution is 0.0168. The van der Waals surface area contributed by atoms with E-state index in [2.05, 4.69) is 27.8 Å². The molecule has 8 nitrogen and oxygen atoms in total. The van der Waals surface area contributed by atoms with Gasteiger partial charge in [-0.2, -0.15) is 0 Å². The van der Waals surface area contributed by atoms with Gasteiger partial charge >= 0.3 is 6.09 Å². The molecule has 1 amide bonds. The maximum atomic E-state index is 12.4.